The molecule has 0 N–H and O–H groups in total. The van der Waals surface area contributed by atoms with Crippen LogP contribution in [0.1, 0.15) is 0 Å². The molecule has 3 aromatic heterocycles. The fourth-order valence-electron chi connectivity index (χ4n) is 9.75. The van der Waals surface area contributed by atoms with E-state index in [0.29, 0.717) is 0 Å². The minimum Gasteiger partial charge on any atom is -0.456 e. The van der Waals surface area contributed by atoms with Crippen LogP contribution in [-0.2, 0) is 0 Å². The van der Waals surface area contributed by atoms with Gasteiger partial charge in [0.2, 0.25) is 0 Å². The molecule has 0 aliphatic carbocycles. The van der Waals surface area contributed by atoms with Crippen LogP contribution in [0.25, 0.3) is 110 Å². The Morgan fingerprint density at radius 3 is 1.58 bits per heavy atom. The van der Waals surface area contributed by atoms with E-state index in [1.807, 2.05) is 12.1 Å². The van der Waals surface area contributed by atoms with E-state index in [9.17, 15) is 0 Å². The van der Waals surface area contributed by atoms with Crippen molar-refractivity contribution in [3.8, 4) is 44.5 Å². The van der Waals surface area contributed by atoms with E-state index in [0.717, 1.165) is 127 Å². The van der Waals surface area contributed by atoms with Gasteiger partial charge in [0.05, 0.1) is 22.1 Å². The molecule has 4 nitrogen and oxygen atoms in total. The molecule has 10 aromatic carbocycles. The van der Waals surface area contributed by atoms with Crippen molar-refractivity contribution in [2.75, 3.05) is 4.90 Å². The predicted octanol–water partition coefficient (Wildman–Crippen LogP) is 17.5. The Balaban J connectivity index is 1.18. The predicted molar refractivity (Wildman–Crippen MR) is 265 cm³/mol. The summed E-state index contributed by atoms with van der Waals surface area (Å²) < 4.78 is 20.8. The van der Waals surface area contributed by atoms with Crippen LogP contribution in [0.5, 0.6) is 0 Å². The summed E-state index contributed by atoms with van der Waals surface area (Å²) in [6.45, 7) is 0. The van der Waals surface area contributed by atoms with Crippen LogP contribution >= 0.6 is 0 Å². The van der Waals surface area contributed by atoms with Gasteiger partial charge in [0.25, 0.3) is 0 Å². The summed E-state index contributed by atoms with van der Waals surface area (Å²) in [6, 6.07) is 79.0. The molecule has 3 heterocycles. The summed E-state index contributed by atoms with van der Waals surface area (Å²) in [7, 11) is 0. The van der Waals surface area contributed by atoms with Gasteiger partial charge in [-0.05, 0) is 82.4 Å². The van der Waals surface area contributed by atoms with Gasteiger partial charge in [-0.3, -0.25) is 0 Å². The first kappa shape index (κ1) is 36.1. The maximum Gasteiger partial charge on any atom is 0.145 e. The second-order valence-electron chi connectivity index (χ2n) is 16.3. The molecule has 0 atom stereocenters. The molecule has 0 radical (unpaired) electrons. The molecule has 0 spiro atoms. The zero-order valence-electron chi connectivity index (χ0n) is 34.5. The molecule has 0 aliphatic heterocycles. The largest absolute Gasteiger partial charge is 0.456 e. The molecule has 4 heteroatoms. The van der Waals surface area contributed by atoms with E-state index >= 15 is 0 Å². The molecule has 64 heavy (non-hydrogen) atoms. The van der Waals surface area contributed by atoms with E-state index in [1.54, 1.807) is 0 Å². The fourth-order valence-corrected chi connectivity index (χ4v) is 9.75. The first-order valence-electron chi connectivity index (χ1n) is 21.7. The quantitative estimate of drug-likeness (QED) is 0.161. The summed E-state index contributed by atoms with van der Waals surface area (Å²) >= 11 is 0. The molecular formula is C60H37NO3. The third kappa shape index (κ3) is 5.70. The zero-order chi connectivity index (χ0) is 42.1. The molecular weight excluding hydrogens is 783 g/mol. The van der Waals surface area contributed by atoms with E-state index in [2.05, 4.69) is 217 Å². The molecule has 0 fully saturated rings. The van der Waals surface area contributed by atoms with Crippen molar-refractivity contribution in [2.24, 2.45) is 0 Å². The minimum atomic E-state index is 0.796. The Morgan fingerprint density at radius 2 is 0.844 bits per heavy atom. The maximum atomic E-state index is 7.13. The van der Waals surface area contributed by atoms with E-state index < -0.39 is 0 Å². The molecule has 0 unspecified atom stereocenters. The lowest BCUT2D eigenvalue weighted by Gasteiger charge is -2.29. The lowest BCUT2D eigenvalue weighted by atomic mass is 9.95. The molecule has 0 saturated heterocycles. The summed E-state index contributed by atoms with van der Waals surface area (Å²) in [6.07, 6.45) is 0. The van der Waals surface area contributed by atoms with Crippen LogP contribution < -0.4 is 4.90 Å². The van der Waals surface area contributed by atoms with Crippen molar-refractivity contribution in [1.82, 2.24) is 0 Å². The van der Waals surface area contributed by atoms with Crippen LogP contribution in [0.2, 0.25) is 0 Å². The highest BCUT2D eigenvalue weighted by atomic mass is 16.3. The van der Waals surface area contributed by atoms with Crippen molar-refractivity contribution >= 4 is 82.9 Å². The minimum absolute atomic E-state index is 0.796. The summed E-state index contributed by atoms with van der Waals surface area (Å²) in [5.41, 5.74) is 16.5. The molecule has 300 valence electrons. The van der Waals surface area contributed by atoms with Crippen molar-refractivity contribution in [2.45, 2.75) is 0 Å². The van der Waals surface area contributed by atoms with Crippen molar-refractivity contribution in [3.05, 3.63) is 224 Å². The third-order valence-corrected chi connectivity index (χ3v) is 12.7. The van der Waals surface area contributed by atoms with Gasteiger partial charge < -0.3 is 18.2 Å². The number of benzene rings is 10. The Hall–Kier alpha value is -8.60. The number of nitrogens with zero attached hydrogens (tertiary/aromatic N) is 1. The summed E-state index contributed by atoms with van der Waals surface area (Å²) in [5, 5.41) is 6.22. The monoisotopic (exact) mass is 819 g/mol. The highest BCUT2D eigenvalue weighted by Gasteiger charge is 2.29. The molecule has 13 rings (SSSR count). The normalized spacial score (nSPS) is 11.8. The van der Waals surface area contributed by atoms with Gasteiger partial charge in [0.1, 0.15) is 33.5 Å². The zero-order valence-corrected chi connectivity index (χ0v) is 34.5. The molecule has 0 saturated carbocycles. The highest BCUT2D eigenvalue weighted by Crippen LogP contribution is 2.53. The van der Waals surface area contributed by atoms with Gasteiger partial charge in [-0.15, -0.1) is 0 Å². The van der Waals surface area contributed by atoms with Gasteiger partial charge in [-0.1, -0.05) is 164 Å². The second-order valence-corrected chi connectivity index (χ2v) is 16.3. The fraction of sp³-hybridized carbons (Fsp3) is 0. The Bertz CT molecular complexity index is 3880. The first-order valence-corrected chi connectivity index (χ1v) is 21.7. The van der Waals surface area contributed by atoms with E-state index in [-0.39, 0.29) is 0 Å². The van der Waals surface area contributed by atoms with E-state index in [1.165, 1.54) is 0 Å². The Kier molecular flexibility index (Phi) is 8.18. The number of para-hydroxylation sites is 2. The van der Waals surface area contributed by atoms with Crippen LogP contribution in [0, 0.1) is 0 Å². The van der Waals surface area contributed by atoms with Crippen LogP contribution in [0.4, 0.5) is 17.1 Å². The van der Waals surface area contributed by atoms with Gasteiger partial charge in [-0.2, -0.15) is 0 Å². The number of hydrogen-bond acceptors (Lipinski definition) is 4. The lowest BCUT2D eigenvalue weighted by molar-refractivity contribution is 0.669. The van der Waals surface area contributed by atoms with Gasteiger partial charge in [0.15, 0.2) is 0 Å². The number of furan rings is 3. The highest BCUT2D eigenvalue weighted by molar-refractivity contribution is 6.23. The first-order chi connectivity index (χ1) is 31.7. The SMILES string of the molecule is c1ccc(-c2ccc3c(c2)oc2c(-c4ccccc4)ccc(N(c4ccc5c(c4)oc4ccccc45)c4c(-c5ccccc5)ccc5oc6c(-c7ccccc7)cccc6c45)c23)cc1. The lowest BCUT2D eigenvalue weighted by Crippen LogP contribution is -2.12. The van der Waals surface area contributed by atoms with Crippen LogP contribution in [0.15, 0.2) is 238 Å². The second kappa shape index (κ2) is 14.5. The molecule has 0 bridgehead atoms. The molecule has 0 amide bonds. The van der Waals surface area contributed by atoms with Gasteiger partial charge >= 0.3 is 0 Å². The average molecular weight is 820 g/mol. The van der Waals surface area contributed by atoms with Crippen LogP contribution in [-0.4, -0.2) is 0 Å². The molecule has 0 aliphatic rings. The van der Waals surface area contributed by atoms with Crippen molar-refractivity contribution in [1.29, 1.82) is 0 Å². The Labute approximate surface area is 368 Å². The maximum absolute atomic E-state index is 7.13. The Morgan fingerprint density at radius 1 is 0.281 bits per heavy atom. The summed E-state index contributed by atoms with van der Waals surface area (Å²) in [5.74, 6) is 0. The number of anilines is 3. The van der Waals surface area contributed by atoms with E-state index in [4.69, 9.17) is 13.3 Å². The number of rotatable bonds is 7. The smallest absolute Gasteiger partial charge is 0.145 e. The van der Waals surface area contributed by atoms with Crippen molar-refractivity contribution < 1.29 is 13.3 Å². The standard InChI is InChI=1S/C60H37NO3/c1-5-16-38(17-6-1)42-28-30-49-54(36-42)64-60-46(41-22-11-4-12-23-41)32-34-51(56(49)60)61(43-29-31-48-47-24-13-14-27-52(47)62-55(48)37-43)58-44(39-18-7-2-8-19-39)33-35-53-57(58)50-26-15-25-45(59(50)63-53)40-20-9-3-10-21-40/h1-37H. The molecule has 13 aromatic rings. The topological polar surface area (TPSA) is 42.7 Å². The summed E-state index contributed by atoms with van der Waals surface area (Å²) in [4.78, 5) is 2.42. The van der Waals surface area contributed by atoms with Gasteiger partial charge in [-0.25, -0.2) is 0 Å². The van der Waals surface area contributed by atoms with Crippen molar-refractivity contribution in [3.63, 3.8) is 0 Å². The van der Waals surface area contributed by atoms with Crippen LogP contribution in [0.3, 0.4) is 0 Å². The number of hydrogen-bond donors (Lipinski definition) is 0. The number of fused-ring (bicyclic) bond motifs is 9. The average Bonchev–Trinajstić information content (AvgIpc) is 4.06. The third-order valence-electron chi connectivity index (χ3n) is 12.7. The van der Waals surface area contributed by atoms with Gasteiger partial charge in [0, 0.05) is 50.0 Å².